The number of hydrogen-bond acceptors (Lipinski definition) is 3. The second kappa shape index (κ2) is 9.67. The van der Waals surface area contributed by atoms with Crippen LogP contribution in [-0.4, -0.2) is 32.9 Å². The molecule has 4 nitrogen and oxygen atoms in total. The first-order valence-corrected chi connectivity index (χ1v) is 6.52. The average molecular weight is 284 g/mol. The van der Waals surface area contributed by atoms with Crippen LogP contribution in [0.4, 0.5) is 0 Å². The molecule has 0 atom stereocenters. The molecule has 0 saturated carbocycles. The van der Waals surface area contributed by atoms with Crippen LogP contribution in [0.2, 0.25) is 0 Å². The third-order valence-corrected chi connectivity index (χ3v) is 2.52. The van der Waals surface area contributed by atoms with Gasteiger partial charge in [-0.1, -0.05) is 37.0 Å². The molecule has 0 saturated heterocycles. The van der Waals surface area contributed by atoms with Gasteiger partial charge in [0, 0.05) is 24.4 Å². The zero-order chi connectivity index (χ0) is 14.8. The molecule has 19 heavy (non-hydrogen) atoms. The number of carbonyl (C=O) groups excluding carboxylic acids is 2. The summed E-state index contributed by atoms with van der Waals surface area (Å²) in [6.45, 7) is 5.48. The van der Waals surface area contributed by atoms with Crippen molar-refractivity contribution in [3.05, 3.63) is 22.2 Å². The van der Waals surface area contributed by atoms with E-state index in [1.165, 1.54) is 0 Å². The Bertz CT molecular complexity index is 365. The third-order valence-electron chi connectivity index (χ3n) is 2.30. The number of nitrogens with one attached hydrogen (secondary N) is 1. The maximum atomic E-state index is 11.2. The molecular weight excluding hydrogens is 264 g/mol. The molecule has 104 valence electrons. The second-order valence-corrected chi connectivity index (χ2v) is 4.50. The number of ether oxygens (including phenoxy) is 1. The van der Waals surface area contributed by atoms with E-state index in [-0.39, 0.29) is 25.0 Å². The van der Waals surface area contributed by atoms with Crippen LogP contribution < -0.4 is 5.32 Å². The van der Waals surface area contributed by atoms with Crippen LogP contribution in [0.1, 0.15) is 33.6 Å². The fraction of sp³-hybridized carbons (Fsp3) is 0.538. The van der Waals surface area contributed by atoms with Gasteiger partial charge in [-0.2, -0.15) is 0 Å². The summed E-state index contributed by atoms with van der Waals surface area (Å²) in [5.74, 6) is -0.393. The lowest BCUT2D eigenvalue weighted by molar-refractivity contribution is -0.142. The van der Waals surface area contributed by atoms with Crippen molar-refractivity contribution in [2.24, 2.45) is 0 Å². The Kier molecular flexibility index (Phi) is 9.05. The van der Waals surface area contributed by atoms with E-state index < -0.39 is 0 Å². The van der Waals surface area contributed by atoms with Crippen molar-refractivity contribution in [1.29, 1.82) is 0 Å². The summed E-state index contributed by atoms with van der Waals surface area (Å²) in [5, 5.41) is 3.14. The van der Waals surface area contributed by atoms with Crippen LogP contribution in [-0.2, 0) is 14.3 Å². The van der Waals surface area contributed by atoms with Gasteiger partial charge in [-0.05, 0) is 12.5 Å². The molecule has 0 fully saturated rings. The standard InChI is InChI=1S/C13H19BClNO3/c1-4-12(17)16-7-10(6-11(14)9(3)15)8-19-13(18)5-2/h6H,4-5,7-8H2,1-3H3,(H,16,17)/b10-6+,11-9-. The summed E-state index contributed by atoms with van der Waals surface area (Å²) in [5.41, 5.74) is 1.07. The molecule has 0 spiro atoms. The predicted molar refractivity (Wildman–Crippen MR) is 76.9 cm³/mol. The van der Waals surface area contributed by atoms with Gasteiger partial charge in [0.05, 0.1) is 0 Å². The molecule has 0 heterocycles. The first-order valence-electron chi connectivity index (χ1n) is 6.14. The van der Waals surface area contributed by atoms with Gasteiger partial charge < -0.3 is 10.1 Å². The number of amides is 1. The average Bonchev–Trinajstić information content (AvgIpc) is 2.40. The van der Waals surface area contributed by atoms with Crippen LogP contribution in [0.15, 0.2) is 22.2 Å². The van der Waals surface area contributed by atoms with Gasteiger partial charge in [0.15, 0.2) is 0 Å². The Balaban J connectivity index is 4.69. The van der Waals surface area contributed by atoms with Gasteiger partial charge in [-0.25, -0.2) is 0 Å². The molecule has 1 N–H and O–H groups in total. The van der Waals surface area contributed by atoms with E-state index in [1.54, 1.807) is 26.8 Å². The first kappa shape index (κ1) is 17.8. The summed E-state index contributed by atoms with van der Waals surface area (Å²) in [6, 6.07) is 0. The lowest BCUT2D eigenvalue weighted by Crippen LogP contribution is -2.26. The molecule has 0 aromatic carbocycles. The zero-order valence-corrected chi connectivity index (χ0v) is 12.3. The highest BCUT2D eigenvalue weighted by Gasteiger charge is 2.05. The maximum Gasteiger partial charge on any atom is 0.305 e. The second-order valence-electron chi connectivity index (χ2n) is 3.94. The fourth-order valence-corrected chi connectivity index (χ4v) is 1.13. The summed E-state index contributed by atoms with van der Waals surface area (Å²) in [7, 11) is 5.71. The largest absolute Gasteiger partial charge is 0.461 e. The van der Waals surface area contributed by atoms with E-state index in [4.69, 9.17) is 24.2 Å². The van der Waals surface area contributed by atoms with E-state index in [0.29, 0.717) is 28.9 Å². The number of esters is 1. The number of carbonyl (C=O) groups is 2. The lowest BCUT2D eigenvalue weighted by atomic mass is 9.93. The highest BCUT2D eigenvalue weighted by molar-refractivity contribution is 6.36. The van der Waals surface area contributed by atoms with E-state index >= 15 is 0 Å². The van der Waals surface area contributed by atoms with Crippen LogP contribution in [0, 0.1) is 0 Å². The molecular formula is C13H19BClNO3. The fourth-order valence-electron chi connectivity index (χ4n) is 1.08. The van der Waals surface area contributed by atoms with Crippen molar-refractivity contribution >= 4 is 31.3 Å². The molecule has 0 aliphatic rings. The lowest BCUT2D eigenvalue weighted by Gasteiger charge is -2.10. The molecule has 0 unspecified atom stereocenters. The minimum Gasteiger partial charge on any atom is -0.461 e. The summed E-state index contributed by atoms with van der Waals surface area (Å²) in [6.07, 6.45) is 2.30. The predicted octanol–water partition coefficient (Wildman–Crippen LogP) is 2.03. The molecule has 0 aliphatic heterocycles. The molecule has 2 radical (unpaired) electrons. The Labute approximate surface area is 120 Å². The maximum absolute atomic E-state index is 11.2. The Morgan fingerprint density at radius 1 is 1.32 bits per heavy atom. The zero-order valence-electron chi connectivity index (χ0n) is 11.6. The molecule has 0 aromatic rings. The topological polar surface area (TPSA) is 55.4 Å². The van der Waals surface area contributed by atoms with E-state index in [9.17, 15) is 9.59 Å². The smallest absolute Gasteiger partial charge is 0.305 e. The van der Waals surface area contributed by atoms with Crippen LogP contribution in [0.5, 0.6) is 0 Å². The monoisotopic (exact) mass is 283 g/mol. The normalized spacial score (nSPS) is 12.7. The summed E-state index contributed by atoms with van der Waals surface area (Å²) >= 11 is 5.77. The van der Waals surface area contributed by atoms with Gasteiger partial charge in [0.1, 0.15) is 14.5 Å². The number of hydrogen-bond donors (Lipinski definition) is 1. The van der Waals surface area contributed by atoms with Crippen LogP contribution >= 0.6 is 11.6 Å². The van der Waals surface area contributed by atoms with Crippen molar-refractivity contribution in [3.63, 3.8) is 0 Å². The Hall–Kier alpha value is -1.23. The van der Waals surface area contributed by atoms with Crippen LogP contribution in [0.3, 0.4) is 0 Å². The van der Waals surface area contributed by atoms with Crippen molar-refractivity contribution in [2.45, 2.75) is 33.6 Å². The quantitative estimate of drug-likeness (QED) is 0.442. The number of halogens is 1. The Morgan fingerprint density at radius 3 is 2.42 bits per heavy atom. The number of rotatable bonds is 7. The highest BCUT2D eigenvalue weighted by Crippen LogP contribution is 2.09. The van der Waals surface area contributed by atoms with Crippen molar-refractivity contribution in [1.82, 2.24) is 5.32 Å². The van der Waals surface area contributed by atoms with Crippen molar-refractivity contribution < 1.29 is 14.3 Å². The van der Waals surface area contributed by atoms with Gasteiger partial charge in [0.25, 0.3) is 0 Å². The molecule has 0 rings (SSSR count). The first-order chi connectivity index (χ1) is 8.90. The van der Waals surface area contributed by atoms with E-state index in [0.717, 1.165) is 0 Å². The molecule has 0 bridgehead atoms. The van der Waals surface area contributed by atoms with E-state index in [1.807, 2.05) is 0 Å². The number of allylic oxidation sites excluding steroid dienone is 3. The summed E-state index contributed by atoms with van der Waals surface area (Å²) < 4.78 is 5.02. The van der Waals surface area contributed by atoms with E-state index in [2.05, 4.69) is 5.32 Å². The minimum absolute atomic E-state index is 0.0849. The van der Waals surface area contributed by atoms with Crippen LogP contribution in [0.25, 0.3) is 0 Å². The van der Waals surface area contributed by atoms with Crippen molar-refractivity contribution in [2.75, 3.05) is 13.2 Å². The minimum atomic E-state index is -0.308. The van der Waals surface area contributed by atoms with Gasteiger partial charge in [0.2, 0.25) is 5.91 Å². The third kappa shape index (κ3) is 8.48. The SMILES string of the molecule is [B]C(/C=C(\CNC(=O)CC)COC(=O)CC)=C(/C)Cl. The molecule has 0 aromatic heterocycles. The summed E-state index contributed by atoms with van der Waals surface area (Å²) in [4.78, 5) is 22.3. The van der Waals surface area contributed by atoms with Gasteiger partial charge in [-0.15, -0.1) is 0 Å². The molecule has 0 aliphatic carbocycles. The highest BCUT2D eigenvalue weighted by atomic mass is 35.5. The molecule has 6 heteroatoms. The van der Waals surface area contributed by atoms with Gasteiger partial charge in [-0.3, -0.25) is 9.59 Å². The Morgan fingerprint density at radius 2 is 1.95 bits per heavy atom. The molecule has 1 amide bonds. The van der Waals surface area contributed by atoms with Crippen molar-refractivity contribution in [3.8, 4) is 0 Å². The van der Waals surface area contributed by atoms with Gasteiger partial charge >= 0.3 is 5.97 Å².